The van der Waals surface area contributed by atoms with E-state index in [9.17, 15) is 0 Å². The first-order valence-corrected chi connectivity index (χ1v) is 5.01. The van der Waals surface area contributed by atoms with E-state index in [0.717, 1.165) is 13.1 Å². The van der Waals surface area contributed by atoms with E-state index in [0.29, 0.717) is 5.92 Å². The van der Waals surface area contributed by atoms with Crippen LogP contribution >= 0.6 is 0 Å². The molecular formula is C10H17N3. The Bertz CT molecular complexity index is 290. The van der Waals surface area contributed by atoms with Gasteiger partial charge in [0.1, 0.15) is 0 Å². The first-order chi connectivity index (χ1) is 6.33. The third-order valence-electron chi connectivity index (χ3n) is 2.81. The Morgan fingerprint density at radius 1 is 1.69 bits per heavy atom. The summed E-state index contributed by atoms with van der Waals surface area (Å²) >= 11 is 0. The summed E-state index contributed by atoms with van der Waals surface area (Å²) < 4.78 is 2.31. The highest BCUT2D eigenvalue weighted by atomic mass is 15.1. The third-order valence-corrected chi connectivity index (χ3v) is 2.81. The summed E-state index contributed by atoms with van der Waals surface area (Å²) in [7, 11) is 1.97. The first-order valence-electron chi connectivity index (χ1n) is 5.01. The lowest BCUT2D eigenvalue weighted by Gasteiger charge is -2.21. The average molecular weight is 179 g/mol. The van der Waals surface area contributed by atoms with Crippen molar-refractivity contribution in [2.24, 2.45) is 0 Å². The lowest BCUT2D eigenvalue weighted by atomic mass is 9.96. The van der Waals surface area contributed by atoms with Gasteiger partial charge in [0, 0.05) is 18.8 Å². The molecule has 1 atom stereocenters. The summed E-state index contributed by atoms with van der Waals surface area (Å²) in [6, 6.07) is 0. The number of rotatable bonds is 2. The van der Waals surface area contributed by atoms with E-state index >= 15 is 0 Å². The fourth-order valence-corrected chi connectivity index (χ4v) is 2.19. The van der Waals surface area contributed by atoms with Crippen molar-refractivity contribution >= 4 is 0 Å². The van der Waals surface area contributed by atoms with Crippen molar-refractivity contribution in [1.29, 1.82) is 0 Å². The zero-order chi connectivity index (χ0) is 9.26. The van der Waals surface area contributed by atoms with E-state index < -0.39 is 0 Å². The highest BCUT2D eigenvalue weighted by Crippen LogP contribution is 2.28. The average Bonchev–Trinajstić information content (AvgIpc) is 2.51. The van der Waals surface area contributed by atoms with E-state index in [1.54, 1.807) is 0 Å². The predicted octanol–water partition coefficient (Wildman–Crippen LogP) is 1.50. The van der Waals surface area contributed by atoms with Gasteiger partial charge < -0.3 is 9.88 Å². The molecule has 0 spiro atoms. The second-order valence-electron chi connectivity index (χ2n) is 3.84. The summed E-state index contributed by atoms with van der Waals surface area (Å²) in [5, 5.41) is 3.16. The molecule has 13 heavy (non-hydrogen) atoms. The minimum atomic E-state index is 0.680. The van der Waals surface area contributed by atoms with Crippen LogP contribution in [0.2, 0.25) is 0 Å². The molecule has 1 aliphatic heterocycles. The Hall–Kier alpha value is -0.830. The molecule has 0 aromatic carbocycles. The van der Waals surface area contributed by atoms with E-state index in [4.69, 9.17) is 0 Å². The molecule has 1 aliphatic rings. The van der Waals surface area contributed by atoms with Crippen LogP contribution in [0.25, 0.3) is 0 Å². The Balaban J connectivity index is 2.32. The maximum absolute atomic E-state index is 4.44. The van der Waals surface area contributed by atoms with Gasteiger partial charge in [-0.1, -0.05) is 6.92 Å². The van der Waals surface area contributed by atoms with Crippen LogP contribution in [0.15, 0.2) is 6.33 Å². The van der Waals surface area contributed by atoms with E-state index in [1.807, 2.05) is 13.4 Å². The molecule has 3 nitrogen and oxygen atoms in total. The number of nitrogens with zero attached hydrogens (tertiary/aromatic N) is 2. The van der Waals surface area contributed by atoms with Crippen LogP contribution in [0.5, 0.6) is 0 Å². The van der Waals surface area contributed by atoms with Gasteiger partial charge in [-0.25, -0.2) is 4.98 Å². The molecule has 0 saturated carbocycles. The lowest BCUT2D eigenvalue weighted by molar-refractivity contribution is 0.470. The van der Waals surface area contributed by atoms with Crippen molar-refractivity contribution in [3.8, 4) is 0 Å². The quantitative estimate of drug-likeness (QED) is 0.745. The predicted molar refractivity (Wildman–Crippen MR) is 52.6 cm³/mol. The molecule has 2 rings (SSSR count). The maximum Gasteiger partial charge on any atom is 0.0952 e. The van der Waals surface area contributed by atoms with Crippen molar-refractivity contribution in [3.05, 3.63) is 17.7 Å². The number of hydrogen-bond acceptors (Lipinski definition) is 2. The van der Waals surface area contributed by atoms with Gasteiger partial charge in [0.25, 0.3) is 0 Å². The highest BCUT2D eigenvalue weighted by Gasteiger charge is 2.20. The number of imidazole rings is 1. The Kier molecular flexibility index (Phi) is 2.36. The van der Waals surface area contributed by atoms with E-state index in [1.165, 1.54) is 24.2 Å². The lowest BCUT2D eigenvalue weighted by Crippen LogP contribution is -2.16. The largest absolute Gasteiger partial charge is 0.334 e. The molecule has 0 amide bonds. The van der Waals surface area contributed by atoms with Gasteiger partial charge >= 0.3 is 0 Å². The topological polar surface area (TPSA) is 29.9 Å². The van der Waals surface area contributed by atoms with Crippen LogP contribution in [0.4, 0.5) is 0 Å². The van der Waals surface area contributed by atoms with Gasteiger partial charge in [0.05, 0.1) is 12.0 Å². The molecular weight excluding hydrogens is 162 g/mol. The molecule has 1 N–H and O–H groups in total. The van der Waals surface area contributed by atoms with Crippen LogP contribution in [0, 0.1) is 0 Å². The van der Waals surface area contributed by atoms with Crippen molar-refractivity contribution in [2.75, 3.05) is 7.05 Å². The standard InChI is InChI=1S/C10H17N3/c1-8-4-3-5-13-7-12-9(6-11-2)10(8)13/h7-8,11H,3-6H2,1-2H3. The van der Waals surface area contributed by atoms with Crippen molar-refractivity contribution in [1.82, 2.24) is 14.9 Å². The maximum atomic E-state index is 4.44. The van der Waals surface area contributed by atoms with Crippen LogP contribution in [0.3, 0.4) is 0 Å². The molecule has 0 bridgehead atoms. The number of fused-ring (bicyclic) bond motifs is 1. The van der Waals surface area contributed by atoms with Crippen molar-refractivity contribution in [3.63, 3.8) is 0 Å². The van der Waals surface area contributed by atoms with Gasteiger partial charge in [-0.3, -0.25) is 0 Å². The van der Waals surface area contributed by atoms with Crippen LogP contribution in [-0.2, 0) is 13.1 Å². The molecule has 0 fully saturated rings. The summed E-state index contributed by atoms with van der Waals surface area (Å²) in [6.07, 6.45) is 4.59. The van der Waals surface area contributed by atoms with Gasteiger partial charge in [0.2, 0.25) is 0 Å². The Morgan fingerprint density at radius 2 is 2.54 bits per heavy atom. The third kappa shape index (κ3) is 1.48. The van der Waals surface area contributed by atoms with Gasteiger partial charge in [-0.2, -0.15) is 0 Å². The Labute approximate surface area is 79.2 Å². The minimum absolute atomic E-state index is 0.680. The van der Waals surface area contributed by atoms with E-state index in [2.05, 4.69) is 21.8 Å². The summed E-state index contributed by atoms with van der Waals surface area (Å²) in [4.78, 5) is 4.44. The molecule has 0 aliphatic carbocycles. The van der Waals surface area contributed by atoms with E-state index in [-0.39, 0.29) is 0 Å². The van der Waals surface area contributed by atoms with Crippen molar-refractivity contribution < 1.29 is 0 Å². The van der Waals surface area contributed by atoms with Gasteiger partial charge in [-0.05, 0) is 25.8 Å². The molecule has 0 radical (unpaired) electrons. The monoisotopic (exact) mass is 179 g/mol. The van der Waals surface area contributed by atoms with Crippen molar-refractivity contribution in [2.45, 2.75) is 38.8 Å². The zero-order valence-electron chi connectivity index (χ0n) is 8.38. The molecule has 72 valence electrons. The molecule has 3 heteroatoms. The fraction of sp³-hybridized carbons (Fsp3) is 0.700. The molecule has 1 aromatic heterocycles. The summed E-state index contributed by atoms with van der Waals surface area (Å²) in [5.74, 6) is 0.680. The zero-order valence-corrected chi connectivity index (χ0v) is 8.38. The molecule has 2 heterocycles. The fourth-order valence-electron chi connectivity index (χ4n) is 2.19. The number of hydrogen-bond donors (Lipinski definition) is 1. The van der Waals surface area contributed by atoms with Crippen LogP contribution < -0.4 is 5.32 Å². The molecule has 1 aromatic rings. The van der Waals surface area contributed by atoms with Gasteiger partial charge in [-0.15, -0.1) is 0 Å². The smallest absolute Gasteiger partial charge is 0.0952 e. The summed E-state index contributed by atoms with van der Waals surface area (Å²) in [5.41, 5.74) is 2.68. The minimum Gasteiger partial charge on any atom is -0.334 e. The summed E-state index contributed by atoms with van der Waals surface area (Å²) in [6.45, 7) is 4.34. The Morgan fingerprint density at radius 3 is 3.31 bits per heavy atom. The SMILES string of the molecule is CNCc1ncn2c1C(C)CCC2. The second-order valence-corrected chi connectivity index (χ2v) is 3.84. The first kappa shape index (κ1) is 8.75. The van der Waals surface area contributed by atoms with Gasteiger partial charge in [0.15, 0.2) is 0 Å². The second kappa shape index (κ2) is 3.50. The molecule has 0 saturated heterocycles. The highest BCUT2D eigenvalue weighted by molar-refractivity contribution is 5.19. The molecule has 1 unspecified atom stereocenters. The number of aromatic nitrogens is 2. The normalized spacial score (nSPS) is 21.5. The number of nitrogens with one attached hydrogen (secondary N) is 1. The van der Waals surface area contributed by atoms with Crippen LogP contribution in [-0.4, -0.2) is 16.6 Å². The van der Waals surface area contributed by atoms with Crippen LogP contribution in [0.1, 0.15) is 37.1 Å². The number of aryl methyl sites for hydroxylation is 1.